The molecule has 0 saturated carbocycles. The normalized spacial score (nSPS) is 10.9. The highest BCUT2D eigenvalue weighted by molar-refractivity contribution is 5.95. The lowest BCUT2D eigenvalue weighted by Gasteiger charge is -2.26. The number of hydrogen-bond acceptors (Lipinski definition) is 10. The zero-order valence-corrected chi connectivity index (χ0v) is 32.7. The third kappa shape index (κ3) is 13.4. The first-order valence-corrected chi connectivity index (χ1v) is 18.3. The van der Waals surface area contributed by atoms with Gasteiger partial charge in [-0.2, -0.15) is 35.1 Å². The standard InChI is InChI=1S/2C22H18F4N2O3/c1-14(29)16-5-2-6-17(10-16)28(13-15-4-3-9-27-12-15)18-7-8-19(30-21(23)24)20(11-18)31-22(25)26;1-14(29)16-4-6-17(7-5-16)28(13-15-3-2-10-27-12-15)18-8-9-19(30-21(23)24)20(11-18)31-22(25)26/h2*2-12,21-22H,13H2,1H3. The summed E-state index contributed by atoms with van der Waals surface area (Å²) in [6.07, 6.45) is 6.49. The van der Waals surface area contributed by atoms with Crippen LogP contribution in [0.25, 0.3) is 0 Å². The van der Waals surface area contributed by atoms with Crippen molar-refractivity contribution in [3.8, 4) is 23.0 Å². The summed E-state index contributed by atoms with van der Waals surface area (Å²) in [6, 6.07) is 28.1. The van der Waals surface area contributed by atoms with Crippen molar-refractivity contribution in [2.24, 2.45) is 0 Å². The lowest BCUT2D eigenvalue weighted by atomic mass is 10.1. The van der Waals surface area contributed by atoms with Crippen LogP contribution >= 0.6 is 0 Å². The largest absolute Gasteiger partial charge is 0.431 e. The van der Waals surface area contributed by atoms with Crippen molar-refractivity contribution in [3.63, 3.8) is 0 Å². The van der Waals surface area contributed by atoms with Crippen LogP contribution in [0.2, 0.25) is 0 Å². The molecule has 2 heterocycles. The summed E-state index contributed by atoms with van der Waals surface area (Å²) < 4.78 is 119. The van der Waals surface area contributed by atoms with Gasteiger partial charge in [0.05, 0.1) is 0 Å². The first kappa shape index (κ1) is 45.8. The van der Waals surface area contributed by atoms with Crippen LogP contribution < -0.4 is 28.7 Å². The van der Waals surface area contributed by atoms with Gasteiger partial charge in [0.1, 0.15) is 0 Å². The van der Waals surface area contributed by atoms with Crippen molar-refractivity contribution < 1.29 is 63.7 Å². The van der Waals surface area contributed by atoms with E-state index < -0.39 is 49.4 Å². The Morgan fingerprint density at radius 3 is 1.27 bits per heavy atom. The Hall–Kier alpha value is -7.24. The average molecular weight is 869 g/mol. The number of aromatic nitrogens is 2. The van der Waals surface area contributed by atoms with E-state index in [1.807, 2.05) is 12.1 Å². The maximum Gasteiger partial charge on any atom is 0.387 e. The molecule has 0 bridgehead atoms. The number of hydrogen-bond donors (Lipinski definition) is 0. The molecule has 6 aromatic rings. The second-order valence-electron chi connectivity index (χ2n) is 12.9. The molecular weight excluding hydrogens is 832 g/mol. The van der Waals surface area contributed by atoms with E-state index in [-0.39, 0.29) is 24.7 Å². The number of alkyl halides is 8. The summed E-state index contributed by atoms with van der Waals surface area (Å²) in [5, 5.41) is 0. The zero-order valence-electron chi connectivity index (χ0n) is 32.7. The van der Waals surface area contributed by atoms with Crippen LogP contribution in [0.3, 0.4) is 0 Å². The van der Waals surface area contributed by atoms with Crippen molar-refractivity contribution >= 4 is 34.3 Å². The number of nitrogens with zero attached hydrogens (tertiary/aromatic N) is 4. The number of benzene rings is 4. The van der Waals surface area contributed by atoms with E-state index in [4.69, 9.17) is 0 Å². The van der Waals surface area contributed by atoms with Crippen LogP contribution in [0.4, 0.5) is 57.9 Å². The Kier molecular flexibility index (Phi) is 16.2. The Morgan fingerprint density at radius 2 is 0.871 bits per heavy atom. The van der Waals surface area contributed by atoms with Crippen molar-refractivity contribution in [1.29, 1.82) is 0 Å². The van der Waals surface area contributed by atoms with Crippen molar-refractivity contribution in [1.82, 2.24) is 9.97 Å². The Morgan fingerprint density at radius 1 is 0.468 bits per heavy atom. The van der Waals surface area contributed by atoms with Crippen molar-refractivity contribution in [2.75, 3.05) is 9.80 Å². The van der Waals surface area contributed by atoms with E-state index in [2.05, 4.69) is 28.9 Å². The SMILES string of the molecule is CC(=O)c1ccc(N(Cc2cccnc2)c2ccc(OC(F)F)c(OC(F)F)c2)cc1.CC(=O)c1cccc(N(Cc2cccnc2)c2ccc(OC(F)F)c(OC(F)F)c2)c1. The first-order valence-electron chi connectivity index (χ1n) is 18.3. The number of Topliss-reactive ketones (excluding diaryl/α,β-unsaturated/α-hetero) is 2. The molecule has 0 spiro atoms. The van der Waals surface area contributed by atoms with Gasteiger partial charge >= 0.3 is 26.4 Å². The molecule has 6 rings (SSSR count). The minimum atomic E-state index is -3.23. The van der Waals surface area contributed by atoms with E-state index in [1.165, 1.54) is 38.1 Å². The number of carbonyl (C=O) groups excluding carboxylic acids is 2. The summed E-state index contributed by atoms with van der Waals surface area (Å²) in [5.74, 6) is -2.33. The van der Waals surface area contributed by atoms with Gasteiger partial charge in [-0.05, 0) is 97.8 Å². The van der Waals surface area contributed by atoms with E-state index in [0.717, 1.165) is 23.3 Å². The van der Waals surface area contributed by atoms with Gasteiger partial charge in [0.25, 0.3) is 0 Å². The average Bonchev–Trinajstić information content (AvgIpc) is 3.23. The number of rotatable bonds is 18. The molecule has 2 aromatic heterocycles. The minimum absolute atomic E-state index is 0.105. The quantitative estimate of drug-likeness (QED) is 0.0613. The highest BCUT2D eigenvalue weighted by Gasteiger charge is 2.21. The molecular formula is C44H36F8N4O6. The Balaban J connectivity index is 0.000000234. The molecule has 0 aliphatic heterocycles. The third-order valence-electron chi connectivity index (χ3n) is 8.62. The first-order chi connectivity index (χ1) is 29.7. The van der Waals surface area contributed by atoms with Crippen molar-refractivity contribution in [3.05, 3.63) is 156 Å². The predicted molar refractivity (Wildman–Crippen MR) is 212 cm³/mol. The van der Waals surface area contributed by atoms with E-state index >= 15 is 0 Å². The van der Waals surface area contributed by atoms with Gasteiger partial charge in [0.2, 0.25) is 0 Å². The lowest BCUT2D eigenvalue weighted by molar-refractivity contribution is -0.0692. The number of ether oxygens (including phenoxy) is 4. The molecule has 18 heteroatoms. The smallest absolute Gasteiger partial charge is 0.387 e. The molecule has 0 unspecified atom stereocenters. The molecule has 0 fully saturated rings. The van der Waals surface area contributed by atoms with Gasteiger partial charge in [-0.3, -0.25) is 19.6 Å². The molecule has 0 aliphatic carbocycles. The summed E-state index contributed by atoms with van der Waals surface area (Å²) >= 11 is 0. The van der Waals surface area contributed by atoms with Crippen LogP contribution in [-0.2, 0) is 13.1 Å². The second kappa shape index (κ2) is 21.8. The van der Waals surface area contributed by atoms with Gasteiger partial charge in [0, 0.05) is 83.9 Å². The highest BCUT2D eigenvalue weighted by Crippen LogP contribution is 2.39. The minimum Gasteiger partial charge on any atom is -0.431 e. The molecule has 10 nitrogen and oxygen atoms in total. The number of ketones is 2. The Labute approximate surface area is 349 Å². The fourth-order valence-corrected chi connectivity index (χ4v) is 5.87. The number of pyridine rings is 2. The molecule has 0 N–H and O–H groups in total. The van der Waals surface area contributed by atoms with Crippen LogP contribution in [0.5, 0.6) is 23.0 Å². The highest BCUT2D eigenvalue weighted by atomic mass is 19.3. The molecule has 0 aliphatic rings. The Bertz CT molecular complexity index is 2380. The van der Waals surface area contributed by atoms with Gasteiger partial charge in [-0.25, -0.2) is 0 Å². The van der Waals surface area contributed by atoms with Crippen LogP contribution in [0.15, 0.2) is 134 Å². The maximum atomic E-state index is 12.9. The molecule has 0 saturated heterocycles. The predicted octanol–water partition coefficient (Wildman–Crippen LogP) is 11.7. The number of anilines is 4. The van der Waals surface area contributed by atoms with Crippen LogP contribution in [-0.4, -0.2) is 48.0 Å². The molecule has 4 aromatic carbocycles. The fourth-order valence-electron chi connectivity index (χ4n) is 5.87. The summed E-state index contributed by atoms with van der Waals surface area (Å²) in [5.41, 5.74) is 4.53. The molecule has 0 atom stereocenters. The fraction of sp³-hybridized carbons (Fsp3) is 0.182. The summed E-state index contributed by atoms with van der Waals surface area (Å²) in [7, 11) is 0. The van der Waals surface area contributed by atoms with E-state index in [1.54, 1.807) is 95.3 Å². The maximum absolute atomic E-state index is 12.9. The van der Waals surface area contributed by atoms with Gasteiger partial charge in [-0.1, -0.05) is 24.3 Å². The number of halogens is 8. The molecule has 0 radical (unpaired) electrons. The topological polar surface area (TPSA) is 103 Å². The summed E-state index contributed by atoms with van der Waals surface area (Å²) in [4.78, 5) is 35.0. The van der Waals surface area contributed by atoms with Gasteiger partial charge in [0.15, 0.2) is 34.6 Å². The summed E-state index contributed by atoms with van der Waals surface area (Å²) in [6.45, 7) is -9.44. The van der Waals surface area contributed by atoms with E-state index in [9.17, 15) is 44.7 Å². The zero-order chi connectivity index (χ0) is 44.8. The third-order valence-corrected chi connectivity index (χ3v) is 8.62. The molecule has 0 amide bonds. The molecule has 324 valence electrons. The van der Waals surface area contributed by atoms with Crippen LogP contribution in [0.1, 0.15) is 45.7 Å². The second-order valence-corrected chi connectivity index (χ2v) is 12.9. The van der Waals surface area contributed by atoms with Gasteiger partial charge in [-0.15, -0.1) is 0 Å². The van der Waals surface area contributed by atoms with Gasteiger partial charge < -0.3 is 28.7 Å². The number of carbonyl (C=O) groups is 2. The van der Waals surface area contributed by atoms with Crippen molar-refractivity contribution in [2.45, 2.75) is 53.4 Å². The monoisotopic (exact) mass is 868 g/mol. The van der Waals surface area contributed by atoms with E-state index in [0.29, 0.717) is 33.9 Å². The lowest BCUT2D eigenvalue weighted by Crippen LogP contribution is -2.17. The molecule has 62 heavy (non-hydrogen) atoms. The van der Waals surface area contributed by atoms with Crippen LogP contribution in [0, 0.1) is 0 Å².